The number of nitrogens with one attached hydrogen (secondary N) is 2. The summed E-state index contributed by atoms with van der Waals surface area (Å²) in [5.41, 5.74) is 2.17. The lowest BCUT2D eigenvalue weighted by Crippen LogP contribution is -2.35. The van der Waals surface area contributed by atoms with E-state index in [0.29, 0.717) is 19.4 Å². The van der Waals surface area contributed by atoms with Crippen LogP contribution >= 0.6 is 0 Å². The van der Waals surface area contributed by atoms with Gasteiger partial charge in [-0.15, -0.1) is 0 Å². The van der Waals surface area contributed by atoms with Gasteiger partial charge >= 0.3 is 0 Å². The minimum Gasteiger partial charge on any atom is -0.390 e. The zero-order chi connectivity index (χ0) is 13.0. The summed E-state index contributed by atoms with van der Waals surface area (Å²) in [5, 5.41) is 16.0. The fourth-order valence-corrected chi connectivity index (χ4v) is 2.37. The second-order valence-corrected chi connectivity index (χ2v) is 4.62. The van der Waals surface area contributed by atoms with Gasteiger partial charge in [0.1, 0.15) is 0 Å². The van der Waals surface area contributed by atoms with E-state index in [9.17, 15) is 9.90 Å². The summed E-state index contributed by atoms with van der Waals surface area (Å²) in [6, 6.07) is 7.62. The van der Waals surface area contributed by atoms with Gasteiger partial charge in [0.25, 0.3) is 0 Å². The number of amides is 1. The summed E-state index contributed by atoms with van der Waals surface area (Å²) >= 11 is 0. The predicted molar refractivity (Wildman–Crippen MR) is 70.2 cm³/mol. The fraction of sp³-hybridized carbons (Fsp3) is 0.500. The molecule has 1 aromatic rings. The summed E-state index contributed by atoms with van der Waals surface area (Å²) in [7, 11) is 0. The van der Waals surface area contributed by atoms with Gasteiger partial charge in [-0.1, -0.05) is 31.2 Å². The molecule has 0 saturated carbocycles. The Hall–Kier alpha value is -1.39. The molecule has 0 spiro atoms. The van der Waals surface area contributed by atoms with Crippen LogP contribution in [0.3, 0.4) is 0 Å². The van der Waals surface area contributed by atoms with Crippen molar-refractivity contribution >= 4 is 5.91 Å². The van der Waals surface area contributed by atoms with Gasteiger partial charge in [0.15, 0.2) is 0 Å². The van der Waals surface area contributed by atoms with Crippen LogP contribution in [0.4, 0.5) is 0 Å². The van der Waals surface area contributed by atoms with E-state index in [2.05, 4.69) is 10.6 Å². The number of hydrogen-bond acceptors (Lipinski definition) is 3. The predicted octanol–water partition coefficient (Wildman–Crippen LogP) is 0.760. The van der Waals surface area contributed by atoms with Crippen molar-refractivity contribution in [3.05, 3.63) is 35.4 Å². The van der Waals surface area contributed by atoms with Crippen molar-refractivity contribution in [3.63, 3.8) is 0 Å². The Bertz CT molecular complexity index is 420. The Morgan fingerprint density at radius 1 is 1.44 bits per heavy atom. The Kier molecular flexibility index (Phi) is 4.33. The number of hydrogen-bond donors (Lipinski definition) is 3. The van der Waals surface area contributed by atoms with Crippen molar-refractivity contribution < 1.29 is 9.90 Å². The second kappa shape index (κ2) is 5.98. The van der Waals surface area contributed by atoms with E-state index in [-0.39, 0.29) is 11.9 Å². The van der Waals surface area contributed by atoms with Gasteiger partial charge in [-0.05, 0) is 17.7 Å². The number of aliphatic hydroxyl groups excluding tert-OH is 1. The Morgan fingerprint density at radius 3 is 3.00 bits per heavy atom. The molecule has 1 amide bonds. The number of carbonyl (C=O) groups is 1. The van der Waals surface area contributed by atoms with E-state index in [0.717, 1.165) is 17.7 Å². The maximum absolute atomic E-state index is 11.8. The summed E-state index contributed by atoms with van der Waals surface area (Å²) in [4.78, 5) is 11.8. The molecule has 1 aliphatic rings. The van der Waals surface area contributed by atoms with E-state index in [1.807, 2.05) is 31.2 Å². The van der Waals surface area contributed by atoms with E-state index in [4.69, 9.17) is 0 Å². The average molecular weight is 248 g/mol. The highest BCUT2D eigenvalue weighted by Gasteiger charge is 2.31. The molecule has 1 aromatic carbocycles. The van der Waals surface area contributed by atoms with Crippen molar-refractivity contribution in [2.24, 2.45) is 0 Å². The van der Waals surface area contributed by atoms with Gasteiger partial charge in [0.2, 0.25) is 5.91 Å². The zero-order valence-electron chi connectivity index (χ0n) is 10.6. The highest BCUT2D eigenvalue weighted by molar-refractivity contribution is 5.77. The highest BCUT2D eigenvalue weighted by Crippen LogP contribution is 2.31. The lowest BCUT2D eigenvalue weighted by atomic mass is 10.1. The highest BCUT2D eigenvalue weighted by atomic mass is 16.3. The topological polar surface area (TPSA) is 61.4 Å². The SMILES string of the molecule is CCNCCC(=O)N[C@H]1c2ccccc2C[C@H]1O. The summed E-state index contributed by atoms with van der Waals surface area (Å²) in [5.74, 6) is -0.0169. The van der Waals surface area contributed by atoms with Crippen LogP contribution in [0.5, 0.6) is 0 Å². The molecule has 0 heterocycles. The molecule has 4 nitrogen and oxygen atoms in total. The van der Waals surface area contributed by atoms with Gasteiger partial charge in [0, 0.05) is 19.4 Å². The summed E-state index contributed by atoms with van der Waals surface area (Å²) in [6.07, 6.45) is 0.554. The maximum Gasteiger partial charge on any atom is 0.221 e. The van der Waals surface area contributed by atoms with E-state index >= 15 is 0 Å². The van der Waals surface area contributed by atoms with Crippen LogP contribution in [0.2, 0.25) is 0 Å². The number of carbonyl (C=O) groups excluding carboxylic acids is 1. The van der Waals surface area contributed by atoms with Crippen molar-refractivity contribution in [2.75, 3.05) is 13.1 Å². The van der Waals surface area contributed by atoms with Crippen molar-refractivity contribution in [1.29, 1.82) is 0 Å². The smallest absolute Gasteiger partial charge is 0.221 e. The van der Waals surface area contributed by atoms with Crippen molar-refractivity contribution in [3.8, 4) is 0 Å². The lowest BCUT2D eigenvalue weighted by molar-refractivity contribution is -0.122. The molecular formula is C14H20N2O2. The third-order valence-corrected chi connectivity index (χ3v) is 3.30. The van der Waals surface area contributed by atoms with E-state index < -0.39 is 6.10 Å². The van der Waals surface area contributed by atoms with Gasteiger partial charge in [0.05, 0.1) is 12.1 Å². The van der Waals surface area contributed by atoms with Crippen molar-refractivity contribution in [1.82, 2.24) is 10.6 Å². The Morgan fingerprint density at radius 2 is 2.22 bits per heavy atom. The average Bonchev–Trinajstić information content (AvgIpc) is 2.67. The van der Waals surface area contributed by atoms with Gasteiger partial charge in [-0.2, -0.15) is 0 Å². The zero-order valence-corrected chi connectivity index (χ0v) is 10.6. The molecule has 0 saturated heterocycles. The molecule has 0 unspecified atom stereocenters. The Balaban J connectivity index is 1.95. The third-order valence-electron chi connectivity index (χ3n) is 3.30. The molecule has 0 aromatic heterocycles. The first kappa shape index (κ1) is 13.1. The molecule has 98 valence electrons. The molecule has 3 N–H and O–H groups in total. The quantitative estimate of drug-likeness (QED) is 0.674. The van der Waals surface area contributed by atoms with Crippen LogP contribution in [-0.2, 0) is 11.2 Å². The largest absolute Gasteiger partial charge is 0.390 e. The molecule has 18 heavy (non-hydrogen) atoms. The normalized spacial score (nSPS) is 21.7. The van der Waals surface area contributed by atoms with Crippen LogP contribution in [-0.4, -0.2) is 30.2 Å². The van der Waals surface area contributed by atoms with Gasteiger partial charge in [-0.25, -0.2) is 0 Å². The standard InChI is InChI=1S/C14H20N2O2/c1-2-15-8-7-13(18)16-14-11-6-4-3-5-10(11)9-12(14)17/h3-6,12,14-15,17H,2,7-9H2,1H3,(H,16,18)/t12-,14+/m1/s1. The van der Waals surface area contributed by atoms with Crippen LogP contribution in [0, 0.1) is 0 Å². The fourth-order valence-electron chi connectivity index (χ4n) is 2.37. The van der Waals surface area contributed by atoms with Gasteiger partial charge < -0.3 is 15.7 Å². The lowest BCUT2D eigenvalue weighted by Gasteiger charge is -2.18. The first-order valence-corrected chi connectivity index (χ1v) is 6.48. The number of rotatable bonds is 5. The number of benzene rings is 1. The minimum absolute atomic E-state index is 0.0169. The van der Waals surface area contributed by atoms with E-state index in [1.165, 1.54) is 0 Å². The first-order valence-electron chi connectivity index (χ1n) is 6.48. The van der Waals surface area contributed by atoms with Crippen molar-refractivity contribution in [2.45, 2.75) is 31.9 Å². The number of aliphatic hydroxyl groups is 1. The van der Waals surface area contributed by atoms with Crippen LogP contribution in [0.1, 0.15) is 30.5 Å². The molecule has 0 fully saturated rings. The first-order chi connectivity index (χ1) is 8.72. The van der Waals surface area contributed by atoms with Crippen LogP contribution < -0.4 is 10.6 Å². The third kappa shape index (κ3) is 2.89. The van der Waals surface area contributed by atoms with E-state index in [1.54, 1.807) is 0 Å². The second-order valence-electron chi connectivity index (χ2n) is 4.62. The molecule has 0 bridgehead atoms. The number of fused-ring (bicyclic) bond motifs is 1. The molecule has 1 aliphatic carbocycles. The molecule has 2 rings (SSSR count). The molecule has 0 aliphatic heterocycles. The maximum atomic E-state index is 11.8. The van der Waals surface area contributed by atoms with Crippen LogP contribution in [0.15, 0.2) is 24.3 Å². The molecule has 4 heteroatoms. The molecule has 0 radical (unpaired) electrons. The summed E-state index contributed by atoms with van der Waals surface area (Å²) in [6.45, 7) is 3.55. The minimum atomic E-state index is -0.509. The summed E-state index contributed by atoms with van der Waals surface area (Å²) < 4.78 is 0. The monoisotopic (exact) mass is 248 g/mol. The van der Waals surface area contributed by atoms with Crippen LogP contribution in [0.25, 0.3) is 0 Å². The van der Waals surface area contributed by atoms with Gasteiger partial charge in [-0.3, -0.25) is 4.79 Å². The Labute approximate surface area is 107 Å². The molecule has 2 atom stereocenters. The molecular weight excluding hydrogens is 228 g/mol.